The lowest BCUT2D eigenvalue weighted by Gasteiger charge is -2.06. The number of nitrogens with zero attached hydrogens (tertiary/aromatic N) is 5. The summed E-state index contributed by atoms with van der Waals surface area (Å²) >= 11 is 0. The number of pyridine rings is 1. The van der Waals surface area contributed by atoms with Crippen molar-refractivity contribution in [3.8, 4) is 16.9 Å². The second-order valence-electron chi connectivity index (χ2n) is 7.17. The molecule has 5 rings (SSSR count). The number of imidazole rings is 2. The van der Waals surface area contributed by atoms with Gasteiger partial charge in [-0.3, -0.25) is 14.8 Å². The standard InChI is InChI=1S/C22H21N7O3/c1-31-10-9-29-13-15(12-24-29)21(30)27-22-25-19-16(3-4-17(32-2)20(19)26-22)14-5-7-28-8-6-23-18(28)11-14/h3-8,11-13H,9-10H2,1-2H3,(H2,25,26,27,30). The van der Waals surface area contributed by atoms with Crippen LogP contribution in [-0.4, -0.2) is 55.9 Å². The smallest absolute Gasteiger partial charge is 0.261 e. The minimum atomic E-state index is -0.313. The third-order valence-corrected chi connectivity index (χ3v) is 5.19. The molecular formula is C22H21N7O3. The van der Waals surface area contributed by atoms with Crippen LogP contribution >= 0.6 is 0 Å². The lowest BCUT2D eigenvalue weighted by atomic mass is 10.0. The molecule has 0 aliphatic rings. The fourth-order valence-electron chi connectivity index (χ4n) is 3.58. The van der Waals surface area contributed by atoms with Gasteiger partial charge in [0.05, 0.1) is 32.0 Å². The van der Waals surface area contributed by atoms with E-state index in [9.17, 15) is 4.79 Å². The van der Waals surface area contributed by atoms with Gasteiger partial charge in [-0.15, -0.1) is 0 Å². The van der Waals surface area contributed by atoms with Crippen molar-refractivity contribution in [2.24, 2.45) is 0 Å². The molecule has 10 nitrogen and oxygen atoms in total. The summed E-state index contributed by atoms with van der Waals surface area (Å²) in [4.78, 5) is 24.9. The molecule has 0 bridgehead atoms. The molecule has 0 aliphatic carbocycles. The molecule has 32 heavy (non-hydrogen) atoms. The van der Waals surface area contributed by atoms with Gasteiger partial charge >= 0.3 is 0 Å². The first-order valence-electron chi connectivity index (χ1n) is 9.99. The van der Waals surface area contributed by atoms with Crippen molar-refractivity contribution >= 4 is 28.5 Å². The van der Waals surface area contributed by atoms with Crippen LogP contribution in [0.3, 0.4) is 0 Å². The number of methoxy groups -OCH3 is 2. The van der Waals surface area contributed by atoms with Crippen LogP contribution in [0.15, 0.2) is 55.2 Å². The molecule has 10 heteroatoms. The summed E-state index contributed by atoms with van der Waals surface area (Å²) in [7, 11) is 3.22. The molecule has 4 heterocycles. The van der Waals surface area contributed by atoms with E-state index in [2.05, 4.69) is 25.4 Å². The number of carbonyl (C=O) groups excluding carboxylic acids is 1. The highest BCUT2D eigenvalue weighted by atomic mass is 16.5. The minimum absolute atomic E-state index is 0.313. The first-order valence-corrected chi connectivity index (χ1v) is 9.99. The van der Waals surface area contributed by atoms with Crippen molar-refractivity contribution in [1.29, 1.82) is 0 Å². The maximum atomic E-state index is 12.7. The predicted molar refractivity (Wildman–Crippen MR) is 119 cm³/mol. The lowest BCUT2D eigenvalue weighted by Crippen LogP contribution is -2.12. The van der Waals surface area contributed by atoms with E-state index in [1.165, 1.54) is 6.20 Å². The van der Waals surface area contributed by atoms with Gasteiger partial charge in [0.2, 0.25) is 5.95 Å². The van der Waals surface area contributed by atoms with Gasteiger partial charge in [0.25, 0.3) is 5.91 Å². The summed E-state index contributed by atoms with van der Waals surface area (Å²) in [5.74, 6) is 0.639. The van der Waals surface area contributed by atoms with Crippen molar-refractivity contribution < 1.29 is 14.3 Å². The van der Waals surface area contributed by atoms with Gasteiger partial charge in [0, 0.05) is 37.5 Å². The van der Waals surface area contributed by atoms with E-state index in [4.69, 9.17) is 9.47 Å². The normalized spacial score (nSPS) is 11.3. The van der Waals surface area contributed by atoms with Crippen molar-refractivity contribution in [2.45, 2.75) is 6.54 Å². The average Bonchev–Trinajstić information content (AvgIpc) is 3.55. The highest BCUT2D eigenvalue weighted by molar-refractivity contribution is 6.05. The SMILES string of the molecule is COCCn1cc(C(=O)Nc2nc3c(-c4ccn5ccnc5c4)ccc(OC)c3[nH]2)cn1. The summed E-state index contributed by atoms with van der Waals surface area (Å²) < 4.78 is 14.1. The zero-order valence-electron chi connectivity index (χ0n) is 17.6. The number of benzene rings is 1. The average molecular weight is 431 g/mol. The van der Waals surface area contributed by atoms with E-state index in [1.807, 2.05) is 41.1 Å². The summed E-state index contributed by atoms with van der Waals surface area (Å²) in [5, 5.41) is 6.99. The Balaban J connectivity index is 1.49. The van der Waals surface area contributed by atoms with E-state index in [1.54, 1.807) is 31.3 Å². The second-order valence-corrected chi connectivity index (χ2v) is 7.17. The van der Waals surface area contributed by atoms with Gasteiger partial charge in [-0.05, 0) is 29.8 Å². The number of carbonyl (C=O) groups is 1. The zero-order chi connectivity index (χ0) is 22.1. The second kappa shape index (κ2) is 8.16. The van der Waals surface area contributed by atoms with Crippen LogP contribution < -0.4 is 10.1 Å². The molecule has 162 valence electrons. The molecule has 5 aromatic rings. The lowest BCUT2D eigenvalue weighted by molar-refractivity contribution is 0.102. The molecule has 0 aliphatic heterocycles. The zero-order valence-corrected chi connectivity index (χ0v) is 17.6. The summed E-state index contributed by atoms with van der Waals surface area (Å²) in [5.41, 5.74) is 4.50. The van der Waals surface area contributed by atoms with E-state index in [-0.39, 0.29) is 5.91 Å². The Labute approximate surface area is 182 Å². The maximum absolute atomic E-state index is 12.7. The number of ether oxygens (including phenoxy) is 2. The number of hydrogen-bond donors (Lipinski definition) is 2. The number of hydrogen-bond acceptors (Lipinski definition) is 6. The number of amides is 1. The van der Waals surface area contributed by atoms with E-state index in [0.29, 0.717) is 41.4 Å². The number of H-pyrrole nitrogens is 1. The fourth-order valence-corrected chi connectivity index (χ4v) is 3.58. The molecule has 0 radical (unpaired) electrons. The molecule has 0 saturated heterocycles. The van der Waals surface area contributed by atoms with Crippen LogP contribution in [0.1, 0.15) is 10.4 Å². The van der Waals surface area contributed by atoms with Crippen LogP contribution in [-0.2, 0) is 11.3 Å². The number of aromatic amines is 1. The summed E-state index contributed by atoms with van der Waals surface area (Å²) in [6.45, 7) is 1.08. The Morgan fingerprint density at radius 1 is 1.22 bits per heavy atom. The topological polar surface area (TPSA) is 111 Å². The molecule has 1 amide bonds. The van der Waals surface area contributed by atoms with Crippen molar-refractivity contribution in [1.82, 2.24) is 29.1 Å². The molecule has 0 saturated carbocycles. The van der Waals surface area contributed by atoms with Crippen LogP contribution in [0.4, 0.5) is 5.95 Å². The summed E-state index contributed by atoms with van der Waals surface area (Å²) in [6, 6.07) is 7.80. The molecule has 0 unspecified atom stereocenters. The summed E-state index contributed by atoms with van der Waals surface area (Å²) in [6.07, 6.45) is 8.77. The predicted octanol–water partition coefficient (Wildman–Crippen LogP) is 2.98. The first kappa shape index (κ1) is 19.8. The highest BCUT2D eigenvalue weighted by Gasteiger charge is 2.17. The molecular weight excluding hydrogens is 410 g/mol. The van der Waals surface area contributed by atoms with Gasteiger partial charge in [0.15, 0.2) is 0 Å². The van der Waals surface area contributed by atoms with Gasteiger partial charge in [-0.1, -0.05) is 0 Å². The van der Waals surface area contributed by atoms with E-state index < -0.39 is 0 Å². The Morgan fingerprint density at radius 3 is 2.97 bits per heavy atom. The Hall–Kier alpha value is -4.18. The van der Waals surface area contributed by atoms with Crippen LogP contribution in [0, 0.1) is 0 Å². The van der Waals surface area contributed by atoms with Gasteiger partial charge in [0.1, 0.15) is 22.4 Å². The van der Waals surface area contributed by atoms with Crippen molar-refractivity contribution in [2.75, 3.05) is 26.1 Å². The number of aromatic nitrogens is 6. The van der Waals surface area contributed by atoms with Crippen LogP contribution in [0.2, 0.25) is 0 Å². The Morgan fingerprint density at radius 2 is 2.12 bits per heavy atom. The quantitative estimate of drug-likeness (QED) is 0.410. The number of fused-ring (bicyclic) bond motifs is 2. The fraction of sp³-hybridized carbons (Fsp3) is 0.182. The van der Waals surface area contributed by atoms with Gasteiger partial charge in [-0.25, -0.2) is 9.97 Å². The third kappa shape index (κ3) is 3.56. The minimum Gasteiger partial charge on any atom is -0.494 e. The Kier molecular flexibility index (Phi) is 5.04. The number of rotatable bonds is 7. The maximum Gasteiger partial charge on any atom is 0.261 e. The third-order valence-electron chi connectivity index (χ3n) is 5.19. The molecule has 0 spiro atoms. The van der Waals surface area contributed by atoms with Crippen molar-refractivity contribution in [3.63, 3.8) is 0 Å². The van der Waals surface area contributed by atoms with Crippen molar-refractivity contribution in [3.05, 3.63) is 60.8 Å². The first-order chi connectivity index (χ1) is 15.7. The van der Waals surface area contributed by atoms with Gasteiger partial charge in [-0.2, -0.15) is 5.10 Å². The van der Waals surface area contributed by atoms with E-state index in [0.717, 1.165) is 16.8 Å². The molecule has 0 fully saturated rings. The van der Waals surface area contributed by atoms with Crippen LogP contribution in [0.5, 0.6) is 5.75 Å². The molecule has 1 aromatic carbocycles. The Bertz CT molecular complexity index is 1420. The molecule has 2 N–H and O–H groups in total. The molecule has 0 atom stereocenters. The van der Waals surface area contributed by atoms with Crippen LogP contribution in [0.25, 0.3) is 27.8 Å². The highest BCUT2D eigenvalue weighted by Crippen LogP contribution is 2.34. The number of anilines is 1. The largest absolute Gasteiger partial charge is 0.494 e. The monoisotopic (exact) mass is 431 g/mol. The molecule has 4 aromatic heterocycles. The number of nitrogens with one attached hydrogen (secondary N) is 2. The van der Waals surface area contributed by atoms with E-state index >= 15 is 0 Å². The van der Waals surface area contributed by atoms with Gasteiger partial charge < -0.3 is 18.9 Å².